The standard InChI is InChI=1S/C22H16ClN3O5/c1-14-2-4-16(5-3-14)22(28)31-20-11-10-19(26(29)30)12-17(20)13-24-25-21(27)15-6-8-18(23)9-7-15/h2-13H,1H3,(H,25,27)/b24-13+. The number of esters is 1. The molecular formula is C22H16ClN3O5. The van der Waals surface area contributed by atoms with Crippen molar-refractivity contribution in [3.63, 3.8) is 0 Å². The topological polar surface area (TPSA) is 111 Å². The fourth-order valence-electron chi connectivity index (χ4n) is 2.52. The van der Waals surface area contributed by atoms with Gasteiger partial charge in [-0.25, -0.2) is 10.2 Å². The van der Waals surface area contributed by atoms with Gasteiger partial charge >= 0.3 is 5.97 Å². The van der Waals surface area contributed by atoms with Gasteiger partial charge < -0.3 is 4.74 Å². The van der Waals surface area contributed by atoms with Crippen LogP contribution in [0.1, 0.15) is 31.8 Å². The Labute approximate surface area is 182 Å². The quantitative estimate of drug-likeness (QED) is 0.200. The summed E-state index contributed by atoms with van der Waals surface area (Å²) in [6.07, 6.45) is 1.17. The molecule has 0 aliphatic rings. The lowest BCUT2D eigenvalue weighted by molar-refractivity contribution is -0.384. The molecule has 3 aromatic carbocycles. The minimum Gasteiger partial charge on any atom is -0.422 e. The van der Waals surface area contributed by atoms with Crippen molar-refractivity contribution in [3.05, 3.63) is 104 Å². The lowest BCUT2D eigenvalue weighted by atomic mass is 10.1. The third kappa shape index (κ3) is 5.74. The summed E-state index contributed by atoms with van der Waals surface area (Å²) in [5, 5.41) is 15.4. The molecule has 156 valence electrons. The lowest BCUT2D eigenvalue weighted by Gasteiger charge is -2.08. The maximum absolute atomic E-state index is 12.4. The Balaban J connectivity index is 1.80. The van der Waals surface area contributed by atoms with Crippen LogP contribution in [0.25, 0.3) is 0 Å². The predicted octanol–water partition coefficient (Wildman–Crippen LogP) is 4.54. The summed E-state index contributed by atoms with van der Waals surface area (Å²) in [5.41, 5.74) is 3.86. The normalized spacial score (nSPS) is 10.6. The van der Waals surface area contributed by atoms with E-state index in [1.807, 2.05) is 6.92 Å². The highest BCUT2D eigenvalue weighted by Gasteiger charge is 2.15. The van der Waals surface area contributed by atoms with Gasteiger partial charge in [0, 0.05) is 28.3 Å². The summed E-state index contributed by atoms with van der Waals surface area (Å²) < 4.78 is 5.38. The molecule has 0 aliphatic carbocycles. The highest BCUT2D eigenvalue weighted by atomic mass is 35.5. The van der Waals surface area contributed by atoms with Gasteiger partial charge in [-0.15, -0.1) is 0 Å². The molecule has 0 spiro atoms. The van der Waals surface area contributed by atoms with E-state index in [1.165, 1.54) is 36.5 Å². The SMILES string of the molecule is Cc1ccc(C(=O)Oc2ccc([N+](=O)[O-])cc2/C=N/NC(=O)c2ccc(Cl)cc2)cc1. The Morgan fingerprint density at radius 3 is 2.32 bits per heavy atom. The largest absolute Gasteiger partial charge is 0.422 e. The van der Waals surface area contributed by atoms with Gasteiger partial charge in [0.2, 0.25) is 0 Å². The second kappa shape index (κ2) is 9.64. The number of carbonyl (C=O) groups excluding carboxylic acids is 2. The number of ether oxygens (including phenoxy) is 1. The molecule has 3 rings (SSSR count). The van der Waals surface area contributed by atoms with E-state index in [0.29, 0.717) is 16.1 Å². The molecule has 0 heterocycles. The minimum atomic E-state index is -0.631. The summed E-state index contributed by atoms with van der Waals surface area (Å²) in [6, 6.07) is 16.6. The average molecular weight is 438 g/mol. The Hall–Kier alpha value is -4.04. The zero-order valence-electron chi connectivity index (χ0n) is 16.2. The molecule has 0 saturated heterocycles. The zero-order valence-corrected chi connectivity index (χ0v) is 17.0. The van der Waals surface area contributed by atoms with Crippen molar-refractivity contribution in [2.75, 3.05) is 0 Å². The van der Waals surface area contributed by atoms with Gasteiger partial charge in [0.05, 0.1) is 16.7 Å². The van der Waals surface area contributed by atoms with E-state index in [-0.39, 0.29) is 17.0 Å². The Morgan fingerprint density at radius 1 is 1.03 bits per heavy atom. The van der Waals surface area contributed by atoms with Crippen LogP contribution in [-0.4, -0.2) is 23.0 Å². The summed E-state index contributed by atoms with van der Waals surface area (Å²) in [5.74, 6) is -1.08. The Morgan fingerprint density at radius 2 is 1.68 bits per heavy atom. The molecule has 3 aromatic rings. The zero-order chi connectivity index (χ0) is 22.4. The van der Waals surface area contributed by atoms with Crippen LogP contribution < -0.4 is 10.2 Å². The molecule has 0 saturated carbocycles. The van der Waals surface area contributed by atoms with E-state index in [9.17, 15) is 19.7 Å². The van der Waals surface area contributed by atoms with Crippen LogP contribution in [-0.2, 0) is 0 Å². The molecular weight excluding hydrogens is 422 g/mol. The number of non-ortho nitro benzene ring substituents is 1. The van der Waals surface area contributed by atoms with Crippen molar-refractivity contribution in [2.45, 2.75) is 6.92 Å². The number of nitro benzene ring substituents is 1. The summed E-state index contributed by atoms with van der Waals surface area (Å²) >= 11 is 5.79. The van der Waals surface area contributed by atoms with Crippen molar-refractivity contribution in [2.24, 2.45) is 5.10 Å². The van der Waals surface area contributed by atoms with Gasteiger partial charge in [0.1, 0.15) is 5.75 Å². The van der Waals surface area contributed by atoms with Gasteiger partial charge in [-0.2, -0.15) is 5.10 Å². The molecule has 0 aliphatic heterocycles. The van der Waals surface area contributed by atoms with Gasteiger partial charge in [0.25, 0.3) is 11.6 Å². The molecule has 0 unspecified atom stereocenters. The van der Waals surface area contributed by atoms with Crippen LogP contribution in [0.3, 0.4) is 0 Å². The van der Waals surface area contributed by atoms with Crippen LogP contribution in [0.5, 0.6) is 5.75 Å². The Bertz CT molecular complexity index is 1160. The van der Waals surface area contributed by atoms with E-state index in [2.05, 4.69) is 10.5 Å². The number of nitrogens with one attached hydrogen (secondary N) is 1. The second-order valence-electron chi connectivity index (χ2n) is 6.44. The third-order valence-electron chi connectivity index (χ3n) is 4.17. The van der Waals surface area contributed by atoms with Crippen molar-refractivity contribution in [1.29, 1.82) is 0 Å². The van der Waals surface area contributed by atoms with Gasteiger partial charge in [0.15, 0.2) is 0 Å². The van der Waals surface area contributed by atoms with Crippen molar-refractivity contribution in [3.8, 4) is 5.75 Å². The molecule has 0 atom stereocenters. The summed E-state index contributed by atoms with van der Waals surface area (Å²) in [7, 11) is 0. The predicted molar refractivity (Wildman–Crippen MR) is 116 cm³/mol. The number of nitrogens with zero attached hydrogens (tertiary/aromatic N) is 2. The number of benzene rings is 3. The van der Waals surface area contributed by atoms with E-state index in [1.54, 1.807) is 36.4 Å². The molecule has 0 bridgehead atoms. The van der Waals surface area contributed by atoms with Crippen molar-refractivity contribution < 1.29 is 19.2 Å². The average Bonchev–Trinajstić information content (AvgIpc) is 2.75. The van der Waals surface area contributed by atoms with Crippen LogP contribution >= 0.6 is 11.6 Å². The smallest absolute Gasteiger partial charge is 0.343 e. The number of hydrazone groups is 1. The first-order valence-electron chi connectivity index (χ1n) is 9.00. The highest BCUT2D eigenvalue weighted by molar-refractivity contribution is 6.30. The Kier molecular flexibility index (Phi) is 6.74. The number of hydrogen-bond acceptors (Lipinski definition) is 6. The fraction of sp³-hybridized carbons (Fsp3) is 0.0455. The number of nitro groups is 1. The molecule has 31 heavy (non-hydrogen) atoms. The van der Waals surface area contributed by atoms with Crippen LogP contribution in [0, 0.1) is 17.0 Å². The number of rotatable bonds is 6. The van der Waals surface area contributed by atoms with Crippen LogP contribution in [0.4, 0.5) is 5.69 Å². The van der Waals surface area contributed by atoms with Gasteiger partial charge in [-0.1, -0.05) is 29.3 Å². The number of aryl methyl sites for hydroxylation is 1. The fourth-order valence-corrected chi connectivity index (χ4v) is 2.64. The lowest BCUT2D eigenvalue weighted by Crippen LogP contribution is -2.17. The molecule has 8 nitrogen and oxygen atoms in total. The third-order valence-corrected chi connectivity index (χ3v) is 4.42. The molecule has 0 fully saturated rings. The number of hydrogen-bond donors (Lipinski definition) is 1. The van der Waals surface area contributed by atoms with E-state index in [0.717, 1.165) is 5.56 Å². The minimum absolute atomic E-state index is 0.0562. The van der Waals surface area contributed by atoms with Crippen LogP contribution in [0.15, 0.2) is 71.8 Å². The molecule has 0 aromatic heterocycles. The molecule has 1 amide bonds. The first kappa shape index (κ1) is 21.7. The first-order valence-corrected chi connectivity index (χ1v) is 9.37. The van der Waals surface area contributed by atoms with E-state index >= 15 is 0 Å². The monoisotopic (exact) mass is 437 g/mol. The maximum Gasteiger partial charge on any atom is 0.343 e. The molecule has 0 radical (unpaired) electrons. The van der Waals surface area contributed by atoms with Crippen molar-refractivity contribution >= 4 is 35.4 Å². The van der Waals surface area contributed by atoms with E-state index < -0.39 is 16.8 Å². The number of carbonyl (C=O) groups is 2. The second-order valence-corrected chi connectivity index (χ2v) is 6.88. The van der Waals surface area contributed by atoms with Gasteiger partial charge in [-0.05, 0) is 49.4 Å². The number of amides is 1. The molecule has 1 N–H and O–H groups in total. The van der Waals surface area contributed by atoms with E-state index in [4.69, 9.17) is 16.3 Å². The van der Waals surface area contributed by atoms with Crippen LogP contribution in [0.2, 0.25) is 5.02 Å². The molecule has 9 heteroatoms. The number of halogens is 1. The highest BCUT2D eigenvalue weighted by Crippen LogP contribution is 2.24. The van der Waals surface area contributed by atoms with Gasteiger partial charge in [-0.3, -0.25) is 14.9 Å². The first-order chi connectivity index (χ1) is 14.8. The van der Waals surface area contributed by atoms with Crippen molar-refractivity contribution in [1.82, 2.24) is 5.43 Å². The summed E-state index contributed by atoms with van der Waals surface area (Å²) in [4.78, 5) is 35.1. The maximum atomic E-state index is 12.4. The summed E-state index contributed by atoms with van der Waals surface area (Å²) in [6.45, 7) is 1.89.